The van der Waals surface area contributed by atoms with Crippen molar-refractivity contribution in [3.63, 3.8) is 0 Å². The molecule has 6 nitrogen and oxygen atoms in total. The van der Waals surface area contributed by atoms with Gasteiger partial charge in [-0.05, 0) is 55.7 Å². The number of aromatic amines is 1. The highest BCUT2D eigenvalue weighted by molar-refractivity contribution is 6.00. The zero-order valence-electron chi connectivity index (χ0n) is 16.9. The van der Waals surface area contributed by atoms with Gasteiger partial charge in [0.15, 0.2) is 5.82 Å². The maximum Gasteiger partial charge on any atom is 0.272 e. The van der Waals surface area contributed by atoms with Crippen LogP contribution in [0.1, 0.15) is 32.9 Å². The number of pyridine rings is 1. The Morgan fingerprint density at radius 3 is 2.72 bits per heavy atom. The number of anilines is 1. The van der Waals surface area contributed by atoms with Gasteiger partial charge in [-0.1, -0.05) is 6.07 Å². The number of hydrogen-bond donors (Lipinski definition) is 2. The van der Waals surface area contributed by atoms with Crippen LogP contribution in [-0.2, 0) is 11.3 Å². The Kier molecular flexibility index (Phi) is 5.24. The van der Waals surface area contributed by atoms with Crippen molar-refractivity contribution in [2.24, 2.45) is 0 Å². The highest BCUT2D eigenvalue weighted by Gasteiger charge is 2.22. The molecule has 0 radical (unpaired) electrons. The highest BCUT2D eigenvalue weighted by Crippen LogP contribution is 2.28. The van der Waals surface area contributed by atoms with Crippen molar-refractivity contribution in [2.75, 3.05) is 31.6 Å². The number of morpholine rings is 1. The molecule has 29 heavy (non-hydrogen) atoms. The summed E-state index contributed by atoms with van der Waals surface area (Å²) < 4.78 is 18.7. The summed E-state index contributed by atoms with van der Waals surface area (Å²) >= 11 is 0. The summed E-state index contributed by atoms with van der Waals surface area (Å²) in [7, 11) is 0. The van der Waals surface area contributed by atoms with Gasteiger partial charge in [0.2, 0.25) is 0 Å². The van der Waals surface area contributed by atoms with E-state index in [1.807, 2.05) is 26.8 Å². The van der Waals surface area contributed by atoms with Crippen LogP contribution in [0.25, 0.3) is 10.9 Å². The van der Waals surface area contributed by atoms with Crippen molar-refractivity contribution in [3.05, 3.63) is 58.2 Å². The Morgan fingerprint density at radius 2 is 2.00 bits per heavy atom. The second-order valence-corrected chi connectivity index (χ2v) is 7.48. The third kappa shape index (κ3) is 3.82. The number of carbonyl (C=O) groups is 1. The minimum absolute atomic E-state index is 0.0885. The zero-order valence-corrected chi connectivity index (χ0v) is 16.9. The van der Waals surface area contributed by atoms with Crippen LogP contribution in [0, 0.1) is 26.6 Å². The van der Waals surface area contributed by atoms with Crippen molar-refractivity contribution in [2.45, 2.75) is 27.3 Å². The van der Waals surface area contributed by atoms with Crippen LogP contribution < -0.4 is 5.32 Å². The Labute approximate surface area is 169 Å². The third-order valence-electron chi connectivity index (χ3n) is 5.57. The third-order valence-corrected chi connectivity index (χ3v) is 5.57. The van der Waals surface area contributed by atoms with Gasteiger partial charge in [-0.25, -0.2) is 9.37 Å². The second-order valence-electron chi connectivity index (χ2n) is 7.48. The van der Waals surface area contributed by atoms with E-state index in [2.05, 4.69) is 15.3 Å². The molecule has 3 heterocycles. The van der Waals surface area contributed by atoms with Gasteiger partial charge in [-0.15, -0.1) is 0 Å². The van der Waals surface area contributed by atoms with Crippen molar-refractivity contribution in [1.82, 2.24) is 14.9 Å². The van der Waals surface area contributed by atoms with E-state index in [1.165, 1.54) is 12.1 Å². The molecular formula is C22H25FN4O2. The van der Waals surface area contributed by atoms with Crippen LogP contribution in [0.5, 0.6) is 0 Å². The van der Waals surface area contributed by atoms with Crippen LogP contribution in [0.2, 0.25) is 0 Å². The Morgan fingerprint density at radius 1 is 1.24 bits per heavy atom. The molecule has 0 aliphatic carbocycles. The van der Waals surface area contributed by atoms with E-state index in [0.29, 0.717) is 44.4 Å². The molecule has 2 N–H and O–H groups in total. The summed E-state index contributed by atoms with van der Waals surface area (Å²) in [6.45, 7) is 8.64. The van der Waals surface area contributed by atoms with Gasteiger partial charge in [-0.2, -0.15) is 0 Å². The quantitative estimate of drug-likeness (QED) is 0.705. The summed E-state index contributed by atoms with van der Waals surface area (Å²) in [6, 6.07) is 6.60. The van der Waals surface area contributed by atoms with Gasteiger partial charge >= 0.3 is 0 Å². The van der Waals surface area contributed by atoms with Crippen molar-refractivity contribution in [3.8, 4) is 0 Å². The van der Waals surface area contributed by atoms with E-state index < -0.39 is 0 Å². The number of amides is 1. The summed E-state index contributed by atoms with van der Waals surface area (Å²) in [5.41, 5.74) is 5.27. The Hall–Kier alpha value is -2.93. The van der Waals surface area contributed by atoms with E-state index in [1.54, 1.807) is 11.0 Å². The van der Waals surface area contributed by atoms with Crippen molar-refractivity contribution >= 4 is 22.6 Å². The molecule has 1 aliphatic rings. The van der Waals surface area contributed by atoms with Crippen LogP contribution >= 0.6 is 0 Å². The number of hydrogen-bond acceptors (Lipinski definition) is 4. The number of carbonyl (C=O) groups excluding carboxylic acids is 1. The predicted molar refractivity (Wildman–Crippen MR) is 111 cm³/mol. The van der Waals surface area contributed by atoms with Crippen molar-refractivity contribution < 1.29 is 13.9 Å². The fourth-order valence-corrected chi connectivity index (χ4v) is 3.65. The lowest BCUT2D eigenvalue weighted by atomic mass is 10.1. The summed E-state index contributed by atoms with van der Waals surface area (Å²) in [5.74, 6) is 0.286. The standard InChI is InChI=1S/C22H25FN4O2/c1-13-10-17(23)5-4-16(13)12-24-21-20-18(14(2)15(3)25-20)11-19(26-21)22(28)27-6-8-29-9-7-27/h4-5,10-11,25H,6-9,12H2,1-3H3,(H,24,26). The molecule has 3 aromatic rings. The first-order valence-electron chi connectivity index (χ1n) is 9.80. The van der Waals surface area contributed by atoms with Gasteiger partial charge in [0.05, 0.1) is 18.7 Å². The van der Waals surface area contributed by atoms with Crippen LogP contribution in [-0.4, -0.2) is 47.1 Å². The largest absolute Gasteiger partial charge is 0.378 e. The first-order chi connectivity index (χ1) is 13.9. The van der Waals surface area contributed by atoms with Crippen LogP contribution in [0.4, 0.5) is 10.2 Å². The Balaban J connectivity index is 1.69. The van der Waals surface area contributed by atoms with Gasteiger partial charge in [0, 0.05) is 30.7 Å². The molecule has 0 bridgehead atoms. The van der Waals surface area contributed by atoms with Gasteiger partial charge in [-0.3, -0.25) is 4.79 Å². The number of fused-ring (bicyclic) bond motifs is 1. The summed E-state index contributed by atoms with van der Waals surface area (Å²) in [4.78, 5) is 22.8. The van der Waals surface area contributed by atoms with Gasteiger partial charge < -0.3 is 19.9 Å². The minimum Gasteiger partial charge on any atom is -0.378 e. The van der Waals surface area contributed by atoms with Crippen LogP contribution in [0.15, 0.2) is 24.3 Å². The molecule has 0 spiro atoms. The second kappa shape index (κ2) is 7.83. The normalized spacial score (nSPS) is 14.4. The molecule has 1 aliphatic heterocycles. The predicted octanol–water partition coefficient (Wildman–Crippen LogP) is 3.71. The molecule has 7 heteroatoms. The number of benzene rings is 1. The maximum atomic E-state index is 13.4. The smallest absolute Gasteiger partial charge is 0.272 e. The van der Waals surface area contributed by atoms with E-state index in [-0.39, 0.29) is 11.7 Å². The van der Waals surface area contributed by atoms with Gasteiger partial charge in [0.25, 0.3) is 5.91 Å². The molecular weight excluding hydrogens is 371 g/mol. The number of H-pyrrole nitrogens is 1. The summed E-state index contributed by atoms with van der Waals surface area (Å²) in [5, 5.41) is 4.32. The lowest BCUT2D eigenvalue weighted by molar-refractivity contribution is 0.0299. The summed E-state index contributed by atoms with van der Waals surface area (Å²) in [6.07, 6.45) is 0. The molecule has 1 amide bonds. The minimum atomic E-state index is -0.250. The number of nitrogens with zero attached hydrogens (tertiary/aromatic N) is 2. The molecule has 152 valence electrons. The molecule has 1 saturated heterocycles. The molecule has 0 unspecified atom stereocenters. The molecule has 1 fully saturated rings. The number of ether oxygens (including phenoxy) is 1. The van der Waals surface area contributed by atoms with Crippen LogP contribution in [0.3, 0.4) is 0 Å². The zero-order chi connectivity index (χ0) is 20.5. The first-order valence-corrected chi connectivity index (χ1v) is 9.80. The van der Waals surface area contributed by atoms with E-state index in [4.69, 9.17) is 4.74 Å². The SMILES string of the molecule is Cc1cc(F)ccc1CNc1nc(C(=O)N2CCOCC2)cc2c(C)c(C)[nH]c12. The van der Waals surface area contributed by atoms with E-state index in [9.17, 15) is 9.18 Å². The highest BCUT2D eigenvalue weighted by atomic mass is 19.1. The lowest BCUT2D eigenvalue weighted by Crippen LogP contribution is -2.41. The molecule has 1 aromatic carbocycles. The molecule has 0 atom stereocenters. The van der Waals surface area contributed by atoms with E-state index >= 15 is 0 Å². The Bertz CT molecular complexity index is 1070. The van der Waals surface area contributed by atoms with Crippen molar-refractivity contribution in [1.29, 1.82) is 0 Å². The fourth-order valence-electron chi connectivity index (χ4n) is 3.65. The number of aromatic nitrogens is 2. The number of nitrogens with one attached hydrogen (secondary N) is 2. The lowest BCUT2D eigenvalue weighted by Gasteiger charge is -2.26. The number of rotatable bonds is 4. The average Bonchev–Trinajstić information content (AvgIpc) is 3.01. The molecule has 4 rings (SSSR count). The topological polar surface area (TPSA) is 70.2 Å². The maximum absolute atomic E-state index is 13.4. The number of aryl methyl sites for hydroxylation is 3. The van der Waals surface area contributed by atoms with Gasteiger partial charge in [0.1, 0.15) is 11.5 Å². The fraction of sp³-hybridized carbons (Fsp3) is 0.364. The first kappa shape index (κ1) is 19.4. The average molecular weight is 396 g/mol. The molecule has 2 aromatic heterocycles. The molecule has 0 saturated carbocycles. The monoisotopic (exact) mass is 396 g/mol. The number of halogens is 1. The van der Waals surface area contributed by atoms with E-state index in [0.717, 1.165) is 33.3 Å².